The Bertz CT molecular complexity index is 679. The molecule has 2 aromatic rings. The van der Waals surface area contributed by atoms with Gasteiger partial charge in [-0.2, -0.15) is 0 Å². The number of halogens is 2. The lowest BCUT2D eigenvalue weighted by molar-refractivity contribution is -0.145. The van der Waals surface area contributed by atoms with Crippen LogP contribution in [0, 0.1) is 11.6 Å². The highest BCUT2D eigenvalue weighted by Crippen LogP contribution is 2.41. The summed E-state index contributed by atoms with van der Waals surface area (Å²) in [6.45, 7) is 2.05. The maximum absolute atomic E-state index is 13.8. The van der Waals surface area contributed by atoms with Crippen molar-refractivity contribution in [3.8, 4) is 10.6 Å². The second-order valence-electron chi connectivity index (χ2n) is 4.77. The van der Waals surface area contributed by atoms with Gasteiger partial charge in [0.15, 0.2) is 0 Å². The molecule has 3 nitrogen and oxygen atoms in total. The molecule has 1 atom stereocenters. The molecule has 0 aliphatic heterocycles. The van der Waals surface area contributed by atoms with Crippen molar-refractivity contribution in [3.63, 3.8) is 0 Å². The van der Waals surface area contributed by atoms with Crippen LogP contribution < -0.4 is 0 Å². The summed E-state index contributed by atoms with van der Waals surface area (Å²) in [5.74, 6) is -2.02. The van der Waals surface area contributed by atoms with Crippen molar-refractivity contribution in [1.82, 2.24) is 4.98 Å². The zero-order valence-electron chi connectivity index (χ0n) is 11.4. The van der Waals surface area contributed by atoms with Crippen LogP contribution >= 0.6 is 11.3 Å². The summed E-state index contributed by atoms with van der Waals surface area (Å²) in [5.41, 5.74) is 0.482. The van der Waals surface area contributed by atoms with Gasteiger partial charge in [0.1, 0.15) is 22.6 Å². The molecule has 1 aromatic heterocycles. The van der Waals surface area contributed by atoms with E-state index in [9.17, 15) is 13.6 Å². The van der Waals surface area contributed by atoms with Gasteiger partial charge in [-0.1, -0.05) is 6.07 Å². The van der Waals surface area contributed by atoms with Crippen LogP contribution in [0.15, 0.2) is 18.2 Å². The van der Waals surface area contributed by atoms with Crippen LogP contribution in [0.2, 0.25) is 0 Å². The van der Waals surface area contributed by atoms with Crippen molar-refractivity contribution in [2.45, 2.75) is 25.7 Å². The maximum Gasteiger partial charge on any atom is 0.315 e. The molecule has 1 unspecified atom stereocenters. The minimum Gasteiger partial charge on any atom is -0.465 e. The number of hydrogen-bond acceptors (Lipinski definition) is 4. The Labute approximate surface area is 124 Å². The zero-order valence-corrected chi connectivity index (χ0v) is 12.2. The summed E-state index contributed by atoms with van der Waals surface area (Å²) in [7, 11) is 0. The number of nitrogens with zero attached hydrogens (tertiary/aromatic N) is 1. The highest BCUT2D eigenvalue weighted by atomic mass is 32.1. The molecule has 1 aliphatic rings. The Morgan fingerprint density at radius 3 is 2.81 bits per heavy atom. The second kappa shape index (κ2) is 5.52. The number of fused-ring (bicyclic) bond motifs is 1. The maximum atomic E-state index is 13.8. The van der Waals surface area contributed by atoms with E-state index >= 15 is 0 Å². The van der Waals surface area contributed by atoms with Crippen molar-refractivity contribution in [2.24, 2.45) is 0 Å². The minimum atomic E-state index is -0.643. The van der Waals surface area contributed by atoms with Gasteiger partial charge in [0, 0.05) is 4.88 Å². The first-order valence-corrected chi connectivity index (χ1v) is 7.54. The van der Waals surface area contributed by atoms with Gasteiger partial charge in [-0.3, -0.25) is 4.79 Å². The van der Waals surface area contributed by atoms with E-state index in [0.29, 0.717) is 25.1 Å². The topological polar surface area (TPSA) is 39.2 Å². The van der Waals surface area contributed by atoms with Crippen LogP contribution in [-0.4, -0.2) is 17.6 Å². The average molecular weight is 309 g/mol. The van der Waals surface area contributed by atoms with E-state index in [4.69, 9.17) is 4.74 Å². The van der Waals surface area contributed by atoms with Crippen LogP contribution in [0.4, 0.5) is 8.78 Å². The van der Waals surface area contributed by atoms with E-state index in [0.717, 1.165) is 4.88 Å². The summed E-state index contributed by atoms with van der Waals surface area (Å²) in [4.78, 5) is 17.1. The summed E-state index contributed by atoms with van der Waals surface area (Å²) >= 11 is 1.24. The first kappa shape index (κ1) is 14.1. The van der Waals surface area contributed by atoms with Crippen LogP contribution in [0.1, 0.15) is 29.8 Å². The van der Waals surface area contributed by atoms with E-state index in [1.807, 2.05) is 0 Å². The smallest absolute Gasteiger partial charge is 0.315 e. The van der Waals surface area contributed by atoms with Gasteiger partial charge in [0.25, 0.3) is 0 Å². The molecule has 0 saturated carbocycles. The van der Waals surface area contributed by atoms with Crippen LogP contribution in [0.5, 0.6) is 0 Å². The normalized spacial score (nSPS) is 16.8. The SMILES string of the molecule is CCOC(=O)C1CCc2sc(-c3c(F)cccc3F)nc21. The highest BCUT2D eigenvalue weighted by molar-refractivity contribution is 7.15. The molecular formula is C15H13F2NO2S. The third-order valence-corrected chi connectivity index (χ3v) is 4.61. The number of hydrogen-bond donors (Lipinski definition) is 0. The molecular weight excluding hydrogens is 296 g/mol. The van der Waals surface area contributed by atoms with E-state index in [-0.39, 0.29) is 16.5 Å². The largest absolute Gasteiger partial charge is 0.465 e. The van der Waals surface area contributed by atoms with Gasteiger partial charge in [-0.15, -0.1) is 11.3 Å². The molecule has 0 amide bonds. The molecule has 0 saturated heterocycles. The van der Waals surface area contributed by atoms with E-state index in [1.165, 1.54) is 29.5 Å². The first-order chi connectivity index (χ1) is 10.1. The summed E-state index contributed by atoms with van der Waals surface area (Å²) in [6, 6.07) is 3.72. The first-order valence-electron chi connectivity index (χ1n) is 6.72. The molecule has 0 radical (unpaired) electrons. The Hall–Kier alpha value is -1.82. The van der Waals surface area contributed by atoms with Crippen molar-refractivity contribution in [1.29, 1.82) is 0 Å². The van der Waals surface area contributed by atoms with Gasteiger partial charge in [0.2, 0.25) is 0 Å². The third-order valence-electron chi connectivity index (χ3n) is 3.47. The van der Waals surface area contributed by atoms with Gasteiger partial charge >= 0.3 is 5.97 Å². The minimum absolute atomic E-state index is 0.125. The number of carbonyl (C=O) groups is 1. The number of esters is 1. The molecule has 6 heteroatoms. The Morgan fingerprint density at radius 2 is 2.14 bits per heavy atom. The number of aromatic nitrogens is 1. The predicted molar refractivity (Wildman–Crippen MR) is 75.2 cm³/mol. The quantitative estimate of drug-likeness (QED) is 0.812. The average Bonchev–Trinajstić information content (AvgIpc) is 2.98. The molecule has 1 aliphatic carbocycles. The fraction of sp³-hybridized carbons (Fsp3) is 0.333. The van der Waals surface area contributed by atoms with Crippen molar-refractivity contribution >= 4 is 17.3 Å². The fourth-order valence-corrected chi connectivity index (χ4v) is 3.70. The van der Waals surface area contributed by atoms with E-state index in [2.05, 4.69) is 4.98 Å². The molecule has 21 heavy (non-hydrogen) atoms. The lowest BCUT2D eigenvalue weighted by atomic mass is 10.1. The van der Waals surface area contributed by atoms with Gasteiger partial charge < -0.3 is 4.74 Å². The number of benzene rings is 1. The molecule has 0 N–H and O–H groups in total. The van der Waals surface area contributed by atoms with Gasteiger partial charge in [-0.05, 0) is 31.9 Å². The molecule has 0 bridgehead atoms. The van der Waals surface area contributed by atoms with Crippen LogP contribution in [0.25, 0.3) is 10.6 Å². The van der Waals surface area contributed by atoms with Crippen molar-refractivity contribution in [2.75, 3.05) is 6.61 Å². The second-order valence-corrected chi connectivity index (χ2v) is 5.85. The number of aryl methyl sites for hydroxylation is 1. The molecule has 0 fully saturated rings. The Kier molecular flexibility index (Phi) is 3.71. The lowest BCUT2D eigenvalue weighted by Gasteiger charge is -2.08. The van der Waals surface area contributed by atoms with Crippen molar-refractivity contribution in [3.05, 3.63) is 40.4 Å². The highest BCUT2D eigenvalue weighted by Gasteiger charge is 2.34. The predicted octanol–water partition coefficient (Wildman–Crippen LogP) is 3.68. The molecule has 3 rings (SSSR count). The number of rotatable bonds is 3. The number of ether oxygens (including phenoxy) is 1. The van der Waals surface area contributed by atoms with Crippen LogP contribution in [0.3, 0.4) is 0 Å². The van der Waals surface area contributed by atoms with Gasteiger partial charge in [-0.25, -0.2) is 13.8 Å². The van der Waals surface area contributed by atoms with Crippen molar-refractivity contribution < 1.29 is 18.3 Å². The monoisotopic (exact) mass is 309 g/mol. The number of thiazole rings is 1. The van der Waals surface area contributed by atoms with E-state index < -0.39 is 17.6 Å². The summed E-state index contributed by atoms with van der Waals surface area (Å²) in [6.07, 6.45) is 1.33. The molecule has 1 heterocycles. The zero-order chi connectivity index (χ0) is 15.0. The van der Waals surface area contributed by atoms with E-state index in [1.54, 1.807) is 6.92 Å². The van der Waals surface area contributed by atoms with Crippen LogP contribution in [-0.2, 0) is 16.0 Å². The Morgan fingerprint density at radius 1 is 1.43 bits per heavy atom. The molecule has 110 valence electrons. The molecule has 0 spiro atoms. The summed E-state index contributed by atoms with van der Waals surface area (Å²) in [5, 5.41) is 0.282. The summed E-state index contributed by atoms with van der Waals surface area (Å²) < 4.78 is 32.6. The fourth-order valence-electron chi connectivity index (χ4n) is 2.51. The third kappa shape index (κ3) is 2.44. The molecule has 1 aromatic carbocycles. The van der Waals surface area contributed by atoms with Gasteiger partial charge in [0.05, 0.1) is 17.9 Å². The standard InChI is InChI=1S/C15H13F2NO2S/c1-2-20-15(19)8-6-7-11-13(8)18-14(21-11)12-9(16)4-3-5-10(12)17/h3-5,8H,2,6-7H2,1H3. The Balaban J connectivity index is 1.99. The number of carbonyl (C=O) groups excluding carboxylic acids is 1. The lowest BCUT2D eigenvalue weighted by Crippen LogP contribution is -2.14.